The standard InChI is InChI=1S/C10H22N2O/c1-2-9(7-13)12-10-5-3-8(11)4-6-10/h8-10,12-13H,2-7,11H2,1H3/t8?,9-,10?/m1/s1. The highest BCUT2D eigenvalue weighted by Crippen LogP contribution is 2.17. The van der Waals surface area contributed by atoms with Gasteiger partial charge >= 0.3 is 0 Å². The van der Waals surface area contributed by atoms with Gasteiger partial charge in [-0.1, -0.05) is 6.92 Å². The van der Waals surface area contributed by atoms with Crippen molar-refractivity contribution in [1.82, 2.24) is 5.32 Å². The molecule has 1 aliphatic carbocycles. The summed E-state index contributed by atoms with van der Waals surface area (Å²) in [6.45, 7) is 2.35. The Labute approximate surface area is 80.7 Å². The number of aliphatic hydroxyl groups is 1. The molecule has 0 spiro atoms. The van der Waals surface area contributed by atoms with Gasteiger partial charge in [0.25, 0.3) is 0 Å². The Bertz CT molecular complexity index is 129. The second kappa shape index (κ2) is 5.58. The third-order valence-electron chi connectivity index (χ3n) is 2.96. The van der Waals surface area contributed by atoms with Gasteiger partial charge in [0, 0.05) is 18.1 Å². The Morgan fingerprint density at radius 2 is 2.00 bits per heavy atom. The lowest BCUT2D eigenvalue weighted by atomic mass is 9.91. The molecule has 1 rings (SSSR count). The predicted octanol–water partition coefficient (Wildman–Crippen LogP) is 0.617. The van der Waals surface area contributed by atoms with E-state index in [1.54, 1.807) is 0 Å². The number of hydrogen-bond acceptors (Lipinski definition) is 3. The minimum Gasteiger partial charge on any atom is -0.395 e. The minimum atomic E-state index is 0.249. The van der Waals surface area contributed by atoms with E-state index in [0.29, 0.717) is 12.1 Å². The molecule has 0 unspecified atom stereocenters. The lowest BCUT2D eigenvalue weighted by molar-refractivity contribution is 0.212. The maximum atomic E-state index is 9.02. The van der Waals surface area contributed by atoms with Crippen LogP contribution >= 0.6 is 0 Å². The highest BCUT2D eigenvalue weighted by atomic mass is 16.3. The van der Waals surface area contributed by atoms with Crippen LogP contribution in [0.1, 0.15) is 39.0 Å². The zero-order valence-electron chi connectivity index (χ0n) is 8.50. The van der Waals surface area contributed by atoms with Crippen molar-refractivity contribution in [1.29, 1.82) is 0 Å². The highest BCUT2D eigenvalue weighted by molar-refractivity contribution is 4.81. The predicted molar refractivity (Wildman–Crippen MR) is 54.5 cm³/mol. The first-order valence-electron chi connectivity index (χ1n) is 5.38. The lowest BCUT2D eigenvalue weighted by Gasteiger charge is -2.29. The van der Waals surface area contributed by atoms with Crippen LogP contribution in [0, 0.1) is 0 Å². The van der Waals surface area contributed by atoms with Crippen molar-refractivity contribution in [2.45, 2.75) is 57.2 Å². The molecule has 4 N–H and O–H groups in total. The molecule has 13 heavy (non-hydrogen) atoms. The van der Waals surface area contributed by atoms with Crippen LogP contribution in [-0.4, -0.2) is 29.8 Å². The zero-order valence-corrected chi connectivity index (χ0v) is 8.50. The third-order valence-corrected chi connectivity index (χ3v) is 2.96. The van der Waals surface area contributed by atoms with Gasteiger partial charge in [-0.2, -0.15) is 0 Å². The van der Waals surface area contributed by atoms with Crippen LogP contribution in [0.2, 0.25) is 0 Å². The van der Waals surface area contributed by atoms with Crippen molar-refractivity contribution < 1.29 is 5.11 Å². The topological polar surface area (TPSA) is 58.3 Å². The third kappa shape index (κ3) is 3.63. The van der Waals surface area contributed by atoms with E-state index in [2.05, 4.69) is 12.2 Å². The van der Waals surface area contributed by atoms with Crippen molar-refractivity contribution in [2.24, 2.45) is 5.73 Å². The van der Waals surface area contributed by atoms with Gasteiger partial charge < -0.3 is 16.2 Å². The number of rotatable bonds is 4. The lowest BCUT2D eigenvalue weighted by Crippen LogP contribution is -2.43. The molecule has 3 heteroatoms. The monoisotopic (exact) mass is 186 g/mol. The first-order valence-corrected chi connectivity index (χ1v) is 5.38. The summed E-state index contributed by atoms with van der Waals surface area (Å²) in [5.74, 6) is 0. The summed E-state index contributed by atoms with van der Waals surface area (Å²) in [5.41, 5.74) is 5.82. The second-order valence-corrected chi connectivity index (χ2v) is 4.07. The Hall–Kier alpha value is -0.120. The van der Waals surface area contributed by atoms with Crippen molar-refractivity contribution in [2.75, 3.05) is 6.61 Å². The maximum absolute atomic E-state index is 9.02. The molecular weight excluding hydrogens is 164 g/mol. The fourth-order valence-corrected chi connectivity index (χ4v) is 1.92. The van der Waals surface area contributed by atoms with Crippen LogP contribution in [0.5, 0.6) is 0 Å². The molecule has 0 bridgehead atoms. The van der Waals surface area contributed by atoms with Gasteiger partial charge in [-0.15, -0.1) is 0 Å². The van der Waals surface area contributed by atoms with Crippen LogP contribution in [-0.2, 0) is 0 Å². The molecule has 1 fully saturated rings. The van der Waals surface area contributed by atoms with Crippen LogP contribution in [0.3, 0.4) is 0 Å². The van der Waals surface area contributed by atoms with Gasteiger partial charge in [0.1, 0.15) is 0 Å². The Balaban J connectivity index is 2.21. The largest absolute Gasteiger partial charge is 0.395 e. The first-order chi connectivity index (χ1) is 6.26. The van der Waals surface area contributed by atoms with E-state index in [9.17, 15) is 0 Å². The first kappa shape index (κ1) is 11.0. The highest BCUT2D eigenvalue weighted by Gasteiger charge is 2.19. The molecule has 0 heterocycles. The van der Waals surface area contributed by atoms with Crippen molar-refractivity contribution in [3.05, 3.63) is 0 Å². The van der Waals surface area contributed by atoms with Crippen molar-refractivity contribution in [3.8, 4) is 0 Å². The molecule has 1 atom stereocenters. The van der Waals surface area contributed by atoms with E-state index in [1.807, 2.05) is 0 Å². The smallest absolute Gasteiger partial charge is 0.0584 e. The molecule has 0 aliphatic heterocycles. The van der Waals surface area contributed by atoms with E-state index in [-0.39, 0.29) is 12.6 Å². The molecule has 78 valence electrons. The average Bonchev–Trinajstić information content (AvgIpc) is 2.17. The van der Waals surface area contributed by atoms with E-state index in [0.717, 1.165) is 32.1 Å². The molecule has 0 aromatic heterocycles. The van der Waals surface area contributed by atoms with E-state index in [4.69, 9.17) is 10.8 Å². The summed E-state index contributed by atoms with van der Waals surface area (Å²) >= 11 is 0. The van der Waals surface area contributed by atoms with E-state index < -0.39 is 0 Å². The molecular formula is C10H22N2O. The van der Waals surface area contributed by atoms with Crippen LogP contribution in [0.25, 0.3) is 0 Å². The van der Waals surface area contributed by atoms with Gasteiger partial charge in [-0.3, -0.25) is 0 Å². The van der Waals surface area contributed by atoms with Gasteiger partial charge in [0.2, 0.25) is 0 Å². The molecule has 0 radical (unpaired) electrons. The summed E-state index contributed by atoms with van der Waals surface area (Å²) in [4.78, 5) is 0. The molecule has 0 saturated heterocycles. The zero-order chi connectivity index (χ0) is 9.68. The molecule has 3 nitrogen and oxygen atoms in total. The van der Waals surface area contributed by atoms with Gasteiger partial charge in [-0.25, -0.2) is 0 Å². The van der Waals surface area contributed by atoms with E-state index >= 15 is 0 Å². The minimum absolute atomic E-state index is 0.249. The Morgan fingerprint density at radius 3 is 2.46 bits per heavy atom. The van der Waals surface area contributed by atoms with Crippen molar-refractivity contribution in [3.63, 3.8) is 0 Å². The average molecular weight is 186 g/mol. The van der Waals surface area contributed by atoms with Crippen LogP contribution < -0.4 is 11.1 Å². The summed E-state index contributed by atoms with van der Waals surface area (Å²) in [7, 11) is 0. The summed E-state index contributed by atoms with van der Waals surface area (Å²) in [5, 5.41) is 12.5. The summed E-state index contributed by atoms with van der Waals surface area (Å²) < 4.78 is 0. The quantitative estimate of drug-likeness (QED) is 0.603. The van der Waals surface area contributed by atoms with E-state index in [1.165, 1.54) is 0 Å². The van der Waals surface area contributed by atoms with Gasteiger partial charge in [-0.05, 0) is 32.1 Å². The molecule has 1 saturated carbocycles. The normalized spacial score (nSPS) is 31.6. The second-order valence-electron chi connectivity index (χ2n) is 4.07. The van der Waals surface area contributed by atoms with Gasteiger partial charge in [0.05, 0.1) is 6.61 Å². The Kier molecular flexibility index (Phi) is 4.70. The Morgan fingerprint density at radius 1 is 1.38 bits per heavy atom. The maximum Gasteiger partial charge on any atom is 0.0584 e. The fourth-order valence-electron chi connectivity index (χ4n) is 1.92. The fraction of sp³-hybridized carbons (Fsp3) is 1.00. The molecule has 0 aromatic rings. The number of nitrogens with two attached hydrogens (primary N) is 1. The number of hydrogen-bond donors (Lipinski definition) is 3. The summed E-state index contributed by atoms with van der Waals surface area (Å²) in [6.07, 6.45) is 5.58. The molecule has 1 aliphatic rings. The summed E-state index contributed by atoms with van der Waals surface area (Å²) in [6, 6.07) is 1.27. The van der Waals surface area contributed by atoms with Crippen LogP contribution in [0.4, 0.5) is 0 Å². The number of nitrogens with one attached hydrogen (secondary N) is 1. The molecule has 0 aromatic carbocycles. The van der Waals surface area contributed by atoms with Crippen LogP contribution in [0.15, 0.2) is 0 Å². The van der Waals surface area contributed by atoms with Crippen molar-refractivity contribution >= 4 is 0 Å². The number of aliphatic hydroxyl groups excluding tert-OH is 1. The SMILES string of the molecule is CC[C@H](CO)NC1CCC(N)CC1. The van der Waals surface area contributed by atoms with Gasteiger partial charge in [0.15, 0.2) is 0 Å². The molecule has 0 amide bonds.